The second-order valence-corrected chi connectivity index (χ2v) is 6.91. The van der Waals surface area contributed by atoms with Crippen LogP contribution in [0.2, 0.25) is 0 Å². The van der Waals surface area contributed by atoms with Crippen LogP contribution < -0.4 is 4.90 Å². The molecular formula is C19H23N5O. The Hall–Kier alpha value is -2.47. The Morgan fingerprint density at radius 2 is 2.00 bits per heavy atom. The number of fused-ring (bicyclic) bond motifs is 1. The lowest BCUT2D eigenvalue weighted by Gasteiger charge is -2.27. The number of hydrogen-bond acceptors (Lipinski definition) is 5. The molecule has 0 unspecified atom stereocenters. The number of aromatic nitrogens is 4. The van der Waals surface area contributed by atoms with Gasteiger partial charge in [0.05, 0.1) is 24.4 Å². The summed E-state index contributed by atoms with van der Waals surface area (Å²) < 4.78 is 5.42. The Bertz CT molecular complexity index is 867. The van der Waals surface area contributed by atoms with E-state index in [0.717, 1.165) is 60.8 Å². The maximum Gasteiger partial charge on any atom is 0.132 e. The first-order valence-electron chi connectivity index (χ1n) is 8.83. The van der Waals surface area contributed by atoms with Crippen LogP contribution in [-0.4, -0.2) is 46.5 Å². The van der Waals surface area contributed by atoms with Crippen LogP contribution in [0.25, 0.3) is 22.3 Å². The highest BCUT2D eigenvalue weighted by molar-refractivity contribution is 5.92. The molecule has 1 aromatic carbocycles. The highest BCUT2D eigenvalue weighted by Gasteiger charge is 2.16. The number of anilines is 1. The van der Waals surface area contributed by atoms with Gasteiger partial charge in [-0.2, -0.15) is 5.10 Å². The van der Waals surface area contributed by atoms with Crippen LogP contribution in [0.1, 0.15) is 19.4 Å². The first kappa shape index (κ1) is 16.0. The van der Waals surface area contributed by atoms with Gasteiger partial charge in [-0.15, -0.1) is 0 Å². The van der Waals surface area contributed by atoms with Crippen molar-refractivity contribution in [1.29, 1.82) is 0 Å². The van der Waals surface area contributed by atoms with E-state index in [1.165, 1.54) is 5.56 Å². The monoisotopic (exact) mass is 337 g/mol. The average molecular weight is 337 g/mol. The van der Waals surface area contributed by atoms with Gasteiger partial charge in [0, 0.05) is 24.5 Å². The SMILES string of the molecule is CC(C)Cc1ccc2[nH]nc(-c3cc(N4CCOCC4)ncn3)c2c1. The van der Waals surface area contributed by atoms with Crippen molar-refractivity contribution in [3.63, 3.8) is 0 Å². The van der Waals surface area contributed by atoms with E-state index >= 15 is 0 Å². The Morgan fingerprint density at radius 1 is 1.16 bits per heavy atom. The number of ether oxygens (including phenoxy) is 1. The molecule has 2 aromatic heterocycles. The third-order valence-corrected chi connectivity index (χ3v) is 4.50. The van der Waals surface area contributed by atoms with Gasteiger partial charge in [-0.05, 0) is 30.0 Å². The first-order chi connectivity index (χ1) is 12.2. The van der Waals surface area contributed by atoms with Crippen molar-refractivity contribution in [2.45, 2.75) is 20.3 Å². The number of rotatable bonds is 4. The van der Waals surface area contributed by atoms with Gasteiger partial charge >= 0.3 is 0 Å². The molecular weight excluding hydrogens is 314 g/mol. The van der Waals surface area contributed by atoms with Crippen LogP contribution >= 0.6 is 0 Å². The van der Waals surface area contributed by atoms with E-state index in [1.807, 2.05) is 6.07 Å². The number of benzene rings is 1. The van der Waals surface area contributed by atoms with E-state index in [4.69, 9.17) is 4.74 Å². The molecule has 4 rings (SSSR count). The fraction of sp³-hybridized carbons (Fsp3) is 0.421. The predicted octanol–water partition coefficient (Wildman–Crippen LogP) is 3.06. The van der Waals surface area contributed by atoms with Crippen molar-refractivity contribution in [3.8, 4) is 11.4 Å². The number of morpholine rings is 1. The molecule has 130 valence electrons. The van der Waals surface area contributed by atoms with E-state index < -0.39 is 0 Å². The summed E-state index contributed by atoms with van der Waals surface area (Å²) in [5, 5.41) is 8.75. The Morgan fingerprint density at radius 3 is 2.80 bits per heavy atom. The predicted molar refractivity (Wildman–Crippen MR) is 98.7 cm³/mol. The standard InChI is InChI=1S/C19H23N5O/c1-13(2)9-14-3-4-16-15(10-14)19(23-22-16)17-11-18(21-12-20-17)24-5-7-25-8-6-24/h3-4,10-13H,5-9H2,1-2H3,(H,22,23). The van der Waals surface area contributed by atoms with Crippen molar-refractivity contribution in [2.24, 2.45) is 5.92 Å². The van der Waals surface area contributed by atoms with E-state index in [9.17, 15) is 0 Å². The van der Waals surface area contributed by atoms with Gasteiger partial charge in [0.2, 0.25) is 0 Å². The van der Waals surface area contributed by atoms with Gasteiger partial charge < -0.3 is 9.64 Å². The smallest absolute Gasteiger partial charge is 0.132 e. The van der Waals surface area contributed by atoms with Crippen LogP contribution in [0.3, 0.4) is 0 Å². The molecule has 0 saturated carbocycles. The number of nitrogens with one attached hydrogen (secondary N) is 1. The van der Waals surface area contributed by atoms with Crippen molar-refractivity contribution in [1.82, 2.24) is 20.2 Å². The number of hydrogen-bond donors (Lipinski definition) is 1. The normalized spacial score (nSPS) is 15.2. The Kier molecular flexibility index (Phi) is 4.36. The second-order valence-electron chi connectivity index (χ2n) is 6.91. The zero-order valence-corrected chi connectivity index (χ0v) is 14.7. The molecule has 1 saturated heterocycles. The summed E-state index contributed by atoms with van der Waals surface area (Å²) >= 11 is 0. The van der Waals surface area contributed by atoms with Crippen LogP contribution in [0.15, 0.2) is 30.6 Å². The minimum atomic E-state index is 0.625. The van der Waals surface area contributed by atoms with Gasteiger partial charge in [-0.25, -0.2) is 9.97 Å². The molecule has 1 aliphatic rings. The summed E-state index contributed by atoms with van der Waals surface area (Å²) in [5.41, 5.74) is 4.10. The third kappa shape index (κ3) is 3.35. The van der Waals surface area contributed by atoms with Crippen molar-refractivity contribution in [2.75, 3.05) is 31.2 Å². The molecule has 6 nitrogen and oxygen atoms in total. The molecule has 0 amide bonds. The van der Waals surface area contributed by atoms with Gasteiger partial charge in [0.1, 0.15) is 17.8 Å². The second kappa shape index (κ2) is 6.80. The number of nitrogens with zero attached hydrogens (tertiary/aromatic N) is 4. The largest absolute Gasteiger partial charge is 0.378 e. The molecule has 3 aromatic rings. The lowest BCUT2D eigenvalue weighted by atomic mass is 10.0. The van der Waals surface area contributed by atoms with Crippen LogP contribution in [0.5, 0.6) is 0 Å². The molecule has 1 fully saturated rings. The number of aromatic amines is 1. The molecule has 1 N–H and O–H groups in total. The van der Waals surface area contributed by atoms with E-state index in [2.05, 4.69) is 57.1 Å². The van der Waals surface area contributed by atoms with Gasteiger partial charge in [0.15, 0.2) is 0 Å². The Balaban J connectivity index is 1.71. The molecule has 25 heavy (non-hydrogen) atoms. The summed E-state index contributed by atoms with van der Waals surface area (Å²) in [5.74, 6) is 1.56. The van der Waals surface area contributed by atoms with Gasteiger partial charge in [-0.3, -0.25) is 5.10 Å². The lowest BCUT2D eigenvalue weighted by Crippen LogP contribution is -2.36. The van der Waals surface area contributed by atoms with Crippen molar-refractivity contribution >= 4 is 16.7 Å². The zero-order chi connectivity index (χ0) is 17.2. The third-order valence-electron chi connectivity index (χ3n) is 4.50. The molecule has 0 bridgehead atoms. The fourth-order valence-corrected chi connectivity index (χ4v) is 3.30. The Labute approximate surface area is 147 Å². The highest BCUT2D eigenvalue weighted by Crippen LogP contribution is 2.28. The molecule has 0 atom stereocenters. The van der Waals surface area contributed by atoms with Crippen LogP contribution in [0, 0.1) is 5.92 Å². The first-order valence-corrected chi connectivity index (χ1v) is 8.83. The number of H-pyrrole nitrogens is 1. The van der Waals surface area contributed by atoms with Crippen LogP contribution in [0.4, 0.5) is 5.82 Å². The minimum Gasteiger partial charge on any atom is -0.378 e. The summed E-state index contributed by atoms with van der Waals surface area (Å²) in [7, 11) is 0. The summed E-state index contributed by atoms with van der Waals surface area (Å²) in [4.78, 5) is 11.1. The maximum atomic E-state index is 5.42. The maximum absolute atomic E-state index is 5.42. The fourth-order valence-electron chi connectivity index (χ4n) is 3.30. The topological polar surface area (TPSA) is 66.9 Å². The van der Waals surface area contributed by atoms with E-state index in [-0.39, 0.29) is 0 Å². The minimum absolute atomic E-state index is 0.625. The summed E-state index contributed by atoms with van der Waals surface area (Å²) in [6, 6.07) is 8.53. The zero-order valence-electron chi connectivity index (χ0n) is 14.7. The average Bonchev–Trinajstić information content (AvgIpc) is 3.05. The van der Waals surface area contributed by atoms with E-state index in [1.54, 1.807) is 6.33 Å². The van der Waals surface area contributed by atoms with E-state index in [0.29, 0.717) is 5.92 Å². The summed E-state index contributed by atoms with van der Waals surface area (Å²) in [6.07, 6.45) is 2.68. The summed E-state index contributed by atoms with van der Waals surface area (Å²) in [6.45, 7) is 7.66. The van der Waals surface area contributed by atoms with Gasteiger partial charge in [-0.1, -0.05) is 19.9 Å². The van der Waals surface area contributed by atoms with Crippen LogP contribution in [-0.2, 0) is 11.2 Å². The van der Waals surface area contributed by atoms with Crippen molar-refractivity contribution in [3.05, 3.63) is 36.2 Å². The lowest BCUT2D eigenvalue weighted by molar-refractivity contribution is 0.122. The van der Waals surface area contributed by atoms with Gasteiger partial charge in [0.25, 0.3) is 0 Å². The van der Waals surface area contributed by atoms with Crippen molar-refractivity contribution < 1.29 is 4.74 Å². The molecule has 0 radical (unpaired) electrons. The molecule has 6 heteroatoms. The molecule has 0 spiro atoms. The molecule has 0 aliphatic carbocycles. The molecule has 3 heterocycles. The quantitative estimate of drug-likeness (QED) is 0.792. The highest BCUT2D eigenvalue weighted by atomic mass is 16.5. The molecule has 1 aliphatic heterocycles.